The Morgan fingerprint density at radius 3 is 1.61 bits per heavy atom. The van der Waals surface area contributed by atoms with Gasteiger partial charge in [-0.15, -0.1) is 0 Å². The lowest BCUT2D eigenvalue weighted by Crippen LogP contribution is -2.25. The van der Waals surface area contributed by atoms with Crippen molar-refractivity contribution in [1.29, 1.82) is 0 Å². The molecule has 23 heavy (non-hydrogen) atoms. The van der Waals surface area contributed by atoms with E-state index in [1.807, 2.05) is 0 Å². The molecule has 0 aromatic rings. The van der Waals surface area contributed by atoms with Gasteiger partial charge in [0.2, 0.25) is 0 Å². The molecule has 0 aromatic carbocycles. The van der Waals surface area contributed by atoms with Gasteiger partial charge in [-0.2, -0.15) is 0 Å². The predicted octanol–water partition coefficient (Wildman–Crippen LogP) is 4.90. The van der Waals surface area contributed by atoms with Crippen LogP contribution in [0.1, 0.15) is 96.8 Å². The van der Waals surface area contributed by atoms with E-state index in [1.165, 1.54) is 70.6 Å². The Labute approximate surface area is 142 Å². The summed E-state index contributed by atoms with van der Waals surface area (Å²) in [5.41, 5.74) is 5.75. The summed E-state index contributed by atoms with van der Waals surface area (Å²) in [6.07, 6.45) is 17.7. The van der Waals surface area contributed by atoms with Gasteiger partial charge < -0.3 is 15.5 Å². The van der Waals surface area contributed by atoms with Crippen LogP contribution in [0.3, 0.4) is 0 Å². The van der Waals surface area contributed by atoms with E-state index in [2.05, 4.69) is 11.4 Å². The van der Waals surface area contributed by atoms with Crippen LogP contribution < -0.4 is 5.73 Å². The van der Waals surface area contributed by atoms with Gasteiger partial charge in [0.25, 0.3) is 0 Å². The first kappa shape index (κ1) is 23.1. The number of hydrogen-bond acceptors (Lipinski definition) is 3. The zero-order valence-electron chi connectivity index (χ0n) is 14.9. The number of rotatable bonds is 17. The molecule has 5 nitrogen and oxygen atoms in total. The van der Waals surface area contributed by atoms with E-state index >= 15 is 0 Å². The van der Waals surface area contributed by atoms with Gasteiger partial charge in [0, 0.05) is 6.04 Å². The minimum absolute atomic E-state index is 0.0669. The highest BCUT2D eigenvalue weighted by Gasteiger charge is 2.15. The third kappa shape index (κ3) is 20.0. The summed E-state index contributed by atoms with van der Waals surface area (Å²) >= 11 is 0. The Hall–Kier alpha value is 0.0700. The Morgan fingerprint density at radius 2 is 1.22 bits per heavy atom. The molecule has 0 bridgehead atoms. The van der Waals surface area contributed by atoms with Crippen LogP contribution >= 0.6 is 7.82 Å². The van der Waals surface area contributed by atoms with Crippen molar-refractivity contribution in [2.75, 3.05) is 6.61 Å². The van der Waals surface area contributed by atoms with Crippen LogP contribution in [0, 0.1) is 0 Å². The van der Waals surface area contributed by atoms with E-state index in [-0.39, 0.29) is 12.6 Å². The van der Waals surface area contributed by atoms with Crippen LogP contribution in [0.2, 0.25) is 0 Å². The van der Waals surface area contributed by atoms with Crippen molar-refractivity contribution >= 4 is 7.82 Å². The number of phosphoric ester groups is 1. The van der Waals surface area contributed by atoms with Crippen molar-refractivity contribution in [3.05, 3.63) is 0 Å². The van der Waals surface area contributed by atoms with Gasteiger partial charge in [0.05, 0.1) is 6.61 Å². The quantitative estimate of drug-likeness (QED) is 0.256. The number of hydrogen-bond donors (Lipinski definition) is 3. The van der Waals surface area contributed by atoms with E-state index in [9.17, 15) is 4.57 Å². The van der Waals surface area contributed by atoms with Crippen LogP contribution in [-0.4, -0.2) is 22.4 Å². The van der Waals surface area contributed by atoms with Crippen molar-refractivity contribution in [3.63, 3.8) is 0 Å². The third-order valence-corrected chi connectivity index (χ3v) is 4.62. The molecular formula is C17H38NO4P. The maximum atomic E-state index is 10.5. The standard InChI is InChI=1S/C17H38NO4P/c1-2-3-4-5-6-7-8-9-10-11-12-13-14-15-17(18)16-22-23(19,20)21/h17H,2-16,18H2,1H3,(H2,19,20,21)/t17-/m1/s1. The first-order valence-corrected chi connectivity index (χ1v) is 10.9. The highest BCUT2D eigenvalue weighted by Crippen LogP contribution is 2.35. The van der Waals surface area contributed by atoms with E-state index in [1.54, 1.807) is 0 Å². The highest BCUT2D eigenvalue weighted by atomic mass is 31.2. The molecule has 0 aliphatic rings. The van der Waals surface area contributed by atoms with Gasteiger partial charge >= 0.3 is 7.82 Å². The van der Waals surface area contributed by atoms with E-state index in [0.29, 0.717) is 0 Å². The van der Waals surface area contributed by atoms with Gasteiger partial charge in [0.1, 0.15) is 0 Å². The van der Waals surface area contributed by atoms with Crippen molar-refractivity contribution in [2.24, 2.45) is 5.73 Å². The first-order valence-electron chi connectivity index (χ1n) is 9.41. The second kappa shape index (κ2) is 15.6. The average molecular weight is 351 g/mol. The molecule has 0 amide bonds. The number of phosphoric acid groups is 1. The van der Waals surface area contributed by atoms with Crippen molar-refractivity contribution < 1.29 is 18.9 Å². The van der Waals surface area contributed by atoms with E-state index in [0.717, 1.165) is 19.3 Å². The summed E-state index contributed by atoms with van der Waals surface area (Å²) < 4.78 is 14.9. The highest BCUT2D eigenvalue weighted by molar-refractivity contribution is 7.46. The van der Waals surface area contributed by atoms with Crippen LogP contribution in [0.5, 0.6) is 0 Å². The van der Waals surface area contributed by atoms with Crippen molar-refractivity contribution in [2.45, 2.75) is 103 Å². The minimum atomic E-state index is -4.37. The molecular weight excluding hydrogens is 313 g/mol. The Bertz CT molecular complexity index is 296. The molecule has 140 valence electrons. The molecule has 0 aromatic heterocycles. The molecule has 0 rings (SSSR count). The van der Waals surface area contributed by atoms with Gasteiger partial charge in [-0.1, -0.05) is 90.4 Å². The molecule has 4 N–H and O–H groups in total. The fourth-order valence-electron chi connectivity index (χ4n) is 2.70. The number of nitrogens with two attached hydrogens (primary N) is 1. The smallest absolute Gasteiger partial charge is 0.326 e. The summed E-state index contributed by atoms with van der Waals surface area (Å²) in [7, 11) is -4.37. The average Bonchev–Trinajstić information content (AvgIpc) is 2.49. The maximum absolute atomic E-state index is 10.5. The Kier molecular flexibility index (Phi) is 15.6. The molecule has 0 saturated heterocycles. The summed E-state index contributed by atoms with van der Waals surface area (Å²) in [5.74, 6) is 0. The summed E-state index contributed by atoms with van der Waals surface area (Å²) in [6.45, 7) is 2.19. The molecule has 0 saturated carbocycles. The zero-order chi connectivity index (χ0) is 17.4. The largest absolute Gasteiger partial charge is 0.469 e. The Balaban J connectivity index is 3.17. The van der Waals surface area contributed by atoms with Crippen molar-refractivity contribution in [3.8, 4) is 0 Å². The monoisotopic (exact) mass is 351 g/mol. The molecule has 0 spiro atoms. The van der Waals surface area contributed by atoms with Crippen molar-refractivity contribution in [1.82, 2.24) is 0 Å². The maximum Gasteiger partial charge on any atom is 0.469 e. The molecule has 0 unspecified atom stereocenters. The SMILES string of the molecule is CCCCCCCCCCCCCCC[C@@H](N)COP(=O)(O)O. The molecule has 6 heteroatoms. The van der Waals surface area contributed by atoms with Gasteiger partial charge in [-0.05, 0) is 6.42 Å². The third-order valence-electron chi connectivity index (χ3n) is 4.14. The lowest BCUT2D eigenvalue weighted by Gasteiger charge is -2.12. The number of unbranched alkanes of at least 4 members (excludes halogenated alkanes) is 12. The fourth-order valence-corrected chi connectivity index (χ4v) is 3.09. The lowest BCUT2D eigenvalue weighted by molar-refractivity contribution is 0.183. The summed E-state index contributed by atoms with van der Waals surface area (Å²) in [5, 5.41) is 0. The van der Waals surface area contributed by atoms with Crippen LogP contribution in [0.15, 0.2) is 0 Å². The molecule has 0 radical (unpaired) electrons. The molecule has 0 heterocycles. The van der Waals surface area contributed by atoms with Gasteiger partial charge in [0.15, 0.2) is 0 Å². The normalized spacial score (nSPS) is 13.4. The van der Waals surface area contributed by atoms with Crippen LogP contribution in [0.25, 0.3) is 0 Å². The Morgan fingerprint density at radius 1 is 0.826 bits per heavy atom. The second-order valence-corrected chi connectivity index (χ2v) is 7.82. The van der Waals surface area contributed by atoms with E-state index < -0.39 is 7.82 Å². The first-order chi connectivity index (χ1) is 11.0. The van der Waals surface area contributed by atoms with Gasteiger partial charge in [-0.25, -0.2) is 4.57 Å². The molecule has 1 atom stereocenters. The molecule has 0 aliphatic carbocycles. The molecule has 0 aliphatic heterocycles. The topological polar surface area (TPSA) is 92.8 Å². The fraction of sp³-hybridized carbons (Fsp3) is 1.00. The van der Waals surface area contributed by atoms with Crippen LogP contribution in [0.4, 0.5) is 0 Å². The van der Waals surface area contributed by atoms with Gasteiger partial charge in [-0.3, -0.25) is 4.52 Å². The summed E-state index contributed by atoms with van der Waals surface area (Å²) in [6, 6.07) is -0.282. The minimum Gasteiger partial charge on any atom is -0.326 e. The second-order valence-electron chi connectivity index (χ2n) is 6.58. The van der Waals surface area contributed by atoms with E-state index in [4.69, 9.17) is 15.5 Å². The zero-order valence-corrected chi connectivity index (χ0v) is 15.8. The molecule has 0 fully saturated rings. The predicted molar refractivity (Wildman–Crippen MR) is 96.3 cm³/mol. The lowest BCUT2D eigenvalue weighted by atomic mass is 10.0. The van der Waals surface area contributed by atoms with Crippen LogP contribution in [-0.2, 0) is 9.09 Å². The summed E-state index contributed by atoms with van der Waals surface area (Å²) in [4.78, 5) is 17.2.